The number of carbonyl (C=O) groups is 2. The molecule has 0 aliphatic rings. The van der Waals surface area contributed by atoms with E-state index in [1.807, 2.05) is 48.5 Å². The van der Waals surface area contributed by atoms with E-state index >= 15 is 0 Å². The fourth-order valence-electron chi connectivity index (χ4n) is 3.47. The number of nitro groups is 1. The molecule has 0 fully saturated rings. The summed E-state index contributed by atoms with van der Waals surface area (Å²) in [6.45, 7) is 1.99. The van der Waals surface area contributed by atoms with Crippen LogP contribution < -0.4 is 10.6 Å². The molecule has 0 bridgehead atoms. The second-order valence-corrected chi connectivity index (χ2v) is 9.02. The Labute approximate surface area is 208 Å². The highest BCUT2D eigenvalue weighted by Gasteiger charge is 2.41. The molecule has 0 aromatic heterocycles. The Kier molecular flexibility index (Phi) is 8.36. The molecule has 0 radical (unpaired) electrons. The molecule has 2 amide bonds. The first kappa shape index (κ1) is 25.3. The predicted octanol–water partition coefficient (Wildman–Crippen LogP) is 4.35. The average molecular weight is 496 g/mol. The highest BCUT2D eigenvalue weighted by molar-refractivity contribution is 7.80. The van der Waals surface area contributed by atoms with Crippen molar-refractivity contribution in [2.45, 2.75) is 36.2 Å². The summed E-state index contributed by atoms with van der Waals surface area (Å²) in [6.07, 6.45) is 0.0632. The zero-order valence-corrected chi connectivity index (χ0v) is 20.3. The van der Waals surface area contributed by atoms with E-state index in [1.54, 1.807) is 19.1 Å². The molecule has 0 saturated carbocycles. The summed E-state index contributed by atoms with van der Waals surface area (Å²) in [4.78, 5) is 38.6. The van der Waals surface area contributed by atoms with Crippen molar-refractivity contribution in [3.05, 3.63) is 99.6 Å². The van der Waals surface area contributed by atoms with Crippen LogP contribution in [0.5, 0.6) is 0 Å². The summed E-state index contributed by atoms with van der Waals surface area (Å²) in [5.41, 5.74) is 0.744. The zero-order chi connectivity index (χ0) is 24.7. The summed E-state index contributed by atoms with van der Waals surface area (Å²) in [7, 11) is 0. The largest absolute Gasteiger partial charge is 0.351 e. The molecule has 0 saturated heterocycles. The van der Waals surface area contributed by atoms with Crippen LogP contribution in [0.15, 0.2) is 82.6 Å². The van der Waals surface area contributed by atoms with Crippen molar-refractivity contribution in [1.82, 2.24) is 10.6 Å². The molecule has 2 N–H and O–H groups in total. The quantitative estimate of drug-likeness (QED) is 0.153. The van der Waals surface area contributed by atoms with Gasteiger partial charge < -0.3 is 10.6 Å². The van der Waals surface area contributed by atoms with Gasteiger partial charge in [-0.2, -0.15) is 0 Å². The topological polar surface area (TPSA) is 101 Å². The van der Waals surface area contributed by atoms with E-state index in [4.69, 9.17) is 0 Å². The van der Waals surface area contributed by atoms with Crippen LogP contribution >= 0.6 is 25.3 Å². The second kappa shape index (κ2) is 11.2. The molecule has 3 rings (SSSR count). The summed E-state index contributed by atoms with van der Waals surface area (Å²) < 4.78 is 0. The second-order valence-electron chi connectivity index (χ2n) is 8.06. The van der Waals surface area contributed by atoms with Gasteiger partial charge in [0.2, 0.25) is 11.8 Å². The van der Waals surface area contributed by atoms with Crippen LogP contribution in [0.3, 0.4) is 0 Å². The third kappa shape index (κ3) is 6.18. The van der Waals surface area contributed by atoms with Gasteiger partial charge in [-0.1, -0.05) is 48.5 Å². The van der Waals surface area contributed by atoms with E-state index in [1.165, 1.54) is 12.1 Å². The van der Waals surface area contributed by atoms with Gasteiger partial charge in [-0.25, -0.2) is 0 Å². The average Bonchev–Trinajstić information content (AvgIpc) is 2.82. The molecule has 0 spiro atoms. The maximum atomic E-state index is 13.3. The van der Waals surface area contributed by atoms with Gasteiger partial charge in [0.05, 0.1) is 4.92 Å². The van der Waals surface area contributed by atoms with Crippen LogP contribution in [0.2, 0.25) is 0 Å². The van der Waals surface area contributed by atoms with Crippen LogP contribution in [0.1, 0.15) is 23.6 Å². The standard InChI is InChI=1S/C25H25N3O4S2/c1-25(14-17-10-12-20(13-11-17)28(31)32,23(29)26-15-18-6-2-4-8-21(18)33)24(30)27-16-19-7-3-5-9-22(19)34/h2-13,33-34H,14-16H2,1H3,(H,26,29)(H,27,30). The first-order valence-electron chi connectivity index (χ1n) is 10.5. The molecule has 34 heavy (non-hydrogen) atoms. The molecule has 0 aliphatic heterocycles. The highest BCUT2D eigenvalue weighted by Crippen LogP contribution is 2.26. The number of amides is 2. The molecule has 9 heteroatoms. The minimum absolute atomic E-state index is 0.0601. The molecular formula is C25H25N3O4S2. The fraction of sp³-hybridized carbons (Fsp3) is 0.200. The molecule has 0 atom stereocenters. The number of hydrogen-bond acceptors (Lipinski definition) is 6. The third-order valence-corrected chi connectivity index (χ3v) is 6.44. The van der Waals surface area contributed by atoms with Gasteiger partial charge in [0.1, 0.15) is 5.41 Å². The lowest BCUT2D eigenvalue weighted by Crippen LogP contribution is -2.50. The van der Waals surface area contributed by atoms with Crippen molar-refractivity contribution < 1.29 is 14.5 Å². The Hall–Kier alpha value is -3.30. The number of non-ortho nitro benzene ring substituents is 1. The lowest BCUT2D eigenvalue weighted by Gasteiger charge is -2.28. The first-order valence-corrected chi connectivity index (χ1v) is 11.4. The monoisotopic (exact) mass is 495 g/mol. The Bertz CT molecular complexity index is 1140. The number of nitrogens with zero attached hydrogens (tertiary/aromatic N) is 1. The van der Waals surface area contributed by atoms with Gasteiger partial charge in [-0.3, -0.25) is 19.7 Å². The van der Waals surface area contributed by atoms with Crippen molar-refractivity contribution in [2.75, 3.05) is 0 Å². The van der Waals surface area contributed by atoms with Gasteiger partial charge in [-0.05, 0) is 42.2 Å². The van der Waals surface area contributed by atoms with E-state index in [2.05, 4.69) is 35.9 Å². The van der Waals surface area contributed by atoms with Crippen molar-refractivity contribution in [2.24, 2.45) is 5.41 Å². The van der Waals surface area contributed by atoms with Gasteiger partial charge in [0, 0.05) is 35.0 Å². The SMILES string of the molecule is CC(Cc1ccc([N+](=O)[O-])cc1)(C(=O)NCc1ccccc1S)C(=O)NCc1ccccc1S. The molecule has 3 aromatic carbocycles. The van der Waals surface area contributed by atoms with Gasteiger partial charge in [0.15, 0.2) is 0 Å². The van der Waals surface area contributed by atoms with E-state index in [0.29, 0.717) is 5.56 Å². The number of benzene rings is 3. The smallest absolute Gasteiger partial charge is 0.269 e. The van der Waals surface area contributed by atoms with Crippen LogP contribution in [0.4, 0.5) is 5.69 Å². The number of rotatable bonds is 9. The summed E-state index contributed by atoms with van der Waals surface area (Å²) in [5, 5.41) is 16.7. The molecular weight excluding hydrogens is 470 g/mol. The first-order chi connectivity index (χ1) is 16.2. The molecule has 176 valence electrons. The molecule has 0 unspecified atom stereocenters. The molecule has 0 heterocycles. The predicted molar refractivity (Wildman–Crippen MR) is 136 cm³/mol. The van der Waals surface area contributed by atoms with Crippen molar-refractivity contribution in [3.8, 4) is 0 Å². The molecule has 0 aliphatic carbocycles. The van der Waals surface area contributed by atoms with E-state index < -0.39 is 22.2 Å². The lowest BCUT2D eigenvalue weighted by molar-refractivity contribution is -0.384. The fourth-order valence-corrected chi connectivity index (χ4v) is 3.95. The van der Waals surface area contributed by atoms with Crippen LogP contribution in [0.25, 0.3) is 0 Å². The Morgan fingerprint density at radius 1 is 0.824 bits per heavy atom. The van der Waals surface area contributed by atoms with Gasteiger partial charge in [-0.15, -0.1) is 25.3 Å². The minimum Gasteiger partial charge on any atom is -0.351 e. The van der Waals surface area contributed by atoms with Crippen molar-refractivity contribution >= 4 is 42.8 Å². The maximum absolute atomic E-state index is 13.3. The third-order valence-electron chi connectivity index (χ3n) is 5.57. The zero-order valence-electron chi connectivity index (χ0n) is 18.5. The van der Waals surface area contributed by atoms with Crippen LogP contribution in [-0.4, -0.2) is 16.7 Å². The summed E-state index contributed by atoms with van der Waals surface area (Å²) in [6, 6.07) is 20.6. The number of carbonyl (C=O) groups excluding carboxylic acids is 2. The molecule has 7 nitrogen and oxygen atoms in total. The number of thiol groups is 2. The van der Waals surface area contributed by atoms with Crippen molar-refractivity contribution in [3.63, 3.8) is 0 Å². The summed E-state index contributed by atoms with van der Waals surface area (Å²) in [5.74, 6) is -0.918. The number of hydrogen-bond donors (Lipinski definition) is 4. The normalized spacial score (nSPS) is 11.0. The Balaban J connectivity index is 1.82. The maximum Gasteiger partial charge on any atom is 0.269 e. The van der Waals surface area contributed by atoms with E-state index in [-0.39, 0.29) is 25.2 Å². The Morgan fingerprint density at radius 2 is 1.26 bits per heavy atom. The molecule has 3 aromatic rings. The Morgan fingerprint density at radius 3 is 1.68 bits per heavy atom. The van der Waals surface area contributed by atoms with Gasteiger partial charge in [0.25, 0.3) is 5.69 Å². The summed E-state index contributed by atoms with van der Waals surface area (Å²) >= 11 is 8.82. The van der Waals surface area contributed by atoms with Crippen molar-refractivity contribution in [1.29, 1.82) is 0 Å². The number of nitro benzene ring substituents is 1. The van der Waals surface area contributed by atoms with E-state index in [9.17, 15) is 19.7 Å². The van der Waals surface area contributed by atoms with Crippen LogP contribution in [-0.2, 0) is 29.1 Å². The lowest BCUT2D eigenvalue weighted by atomic mass is 9.81. The van der Waals surface area contributed by atoms with Gasteiger partial charge >= 0.3 is 0 Å². The number of nitrogens with one attached hydrogen (secondary N) is 2. The van der Waals surface area contributed by atoms with E-state index in [0.717, 1.165) is 20.9 Å². The minimum atomic E-state index is -1.47. The highest BCUT2D eigenvalue weighted by atomic mass is 32.1. The van der Waals surface area contributed by atoms with Crippen LogP contribution in [0, 0.1) is 15.5 Å².